The third kappa shape index (κ3) is 3.23. The van der Waals surface area contributed by atoms with Crippen molar-refractivity contribution in [3.05, 3.63) is 47.5 Å². The van der Waals surface area contributed by atoms with Crippen LogP contribution in [-0.4, -0.2) is 0 Å². The van der Waals surface area contributed by atoms with Gasteiger partial charge in [0.2, 0.25) is 0 Å². The second-order valence-corrected chi connectivity index (χ2v) is 5.22. The summed E-state index contributed by atoms with van der Waals surface area (Å²) in [7, 11) is 0. The van der Waals surface area contributed by atoms with Gasteiger partial charge in [-0.2, -0.15) is 0 Å². The van der Waals surface area contributed by atoms with Gasteiger partial charge in [0.1, 0.15) is 0 Å². The first kappa shape index (κ1) is 11.4. The second-order valence-electron chi connectivity index (χ2n) is 5.22. The van der Waals surface area contributed by atoms with Crippen LogP contribution in [0.1, 0.15) is 43.2 Å². The van der Waals surface area contributed by atoms with E-state index in [4.69, 9.17) is 0 Å². The Labute approximate surface area is 99.4 Å². The molecule has 0 nitrogen and oxygen atoms in total. The van der Waals surface area contributed by atoms with Crippen molar-refractivity contribution in [1.82, 2.24) is 0 Å². The summed E-state index contributed by atoms with van der Waals surface area (Å²) in [5.41, 5.74) is 4.32. The predicted octanol–water partition coefficient (Wildman–Crippen LogP) is 4.67. The van der Waals surface area contributed by atoms with Crippen molar-refractivity contribution in [3.63, 3.8) is 0 Å². The molecule has 1 aromatic carbocycles. The summed E-state index contributed by atoms with van der Waals surface area (Å²) in [5, 5.41) is 0. The molecule has 1 aromatic rings. The zero-order chi connectivity index (χ0) is 11.4. The predicted molar refractivity (Wildman–Crippen MR) is 70.6 cm³/mol. The first-order valence-electron chi connectivity index (χ1n) is 6.46. The Kier molecular flexibility index (Phi) is 3.82. The van der Waals surface area contributed by atoms with E-state index in [0.29, 0.717) is 0 Å². The quantitative estimate of drug-likeness (QED) is 0.641. The Morgan fingerprint density at radius 1 is 1.12 bits per heavy atom. The van der Waals surface area contributed by atoms with Gasteiger partial charge in [0, 0.05) is 0 Å². The highest BCUT2D eigenvalue weighted by Gasteiger charge is 2.14. The third-order valence-electron chi connectivity index (χ3n) is 3.77. The molecule has 0 unspecified atom stereocenters. The van der Waals surface area contributed by atoms with Crippen molar-refractivity contribution in [2.24, 2.45) is 5.92 Å². The molecule has 0 aliphatic heterocycles. The molecule has 86 valence electrons. The van der Waals surface area contributed by atoms with Crippen molar-refractivity contribution in [3.8, 4) is 0 Å². The minimum atomic E-state index is 0.937. The third-order valence-corrected chi connectivity index (χ3v) is 3.77. The van der Waals surface area contributed by atoms with Crippen LogP contribution in [0.25, 0.3) is 0 Å². The lowest BCUT2D eigenvalue weighted by Crippen LogP contribution is -2.08. The highest BCUT2D eigenvalue weighted by atomic mass is 14.2. The lowest BCUT2D eigenvalue weighted by molar-refractivity contribution is 0.384. The van der Waals surface area contributed by atoms with Crippen LogP contribution in [-0.2, 0) is 6.42 Å². The van der Waals surface area contributed by atoms with E-state index in [1.165, 1.54) is 55.2 Å². The summed E-state index contributed by atoms with van der Waals surface area (Å²) in [6.07, 6.45) is 7.86. The molecule has 0 amide bonds. The van der Waals surface area contributed by atoms with Gasteiger partial charge in [-0.3, -0.25) is 0 Å². The van der Waals surface area contributed by atoms with Crippen LogP contribution in [0.15, 0.2) is 36.4 Å². The summed E-state index contributed by atoms with van der Waals surface area (Å²) < 4.78 is 0. The van der Waals surface area contributed by atoms with E-state index >= 15 is 0 Å². The summed E-state index contributed by atoms with van der Waals surface area (Å²) in [6.45, 7) is 6.23. The average molecular weight is 214 g/mol. The van der Waals surface area contributed by atoms with E-state index in [-0.39, 0.29) is 0 Å². The molecule has 16 heavy (non-hydrogen) atoms. The Morgan fingerprint density at radius 2 is 1.75 bits per heavy atom. The lowest BCUT2D eigenvalue weighted by Gasteiger charge is -2.23. The topological polar surface area (TPSA) is 0 Å². The number of allylic oxidation sites excluding steroid dienone is 1. The first-order valence-corrected chi connectivity index (χ1v) is 6.46. The molecule has 0 atom stereocenters. The average Bonchev–Trinajstić information content (AvgIpc) is 2.30. The zero-order valence-corrected chi connectivity index (χ0v) is 10.3. The fourth-order valence-electron chi connectivity index (χ4n) is 2.50. The molecule has 0 saturated heterocycles. The van der Waals surface area contributed by atoms with Gasteiger partial charge in [0.05, 0.1) is 0 Å². The normalized spacial score (nSPS) is 17.7. The van der Waals surface area contributed by atoms with Crippen molar-refractivity contribution in [1.29, 1.82) is 0 Å². The summed E-state index contributed by atoms with van der Waals surface area (Å²) in [6, 6.07) is 8.99. The first-order chi connectivity index (χ1) is 7.74. The fourth-order valence-corrected chi connectivity index (χ4v) is 2.50. The van der Waals surface area contributed by atoms with E-state index in [2.05, 4.69) is 37.8 Å². The van der Waals surface area contributed by atoms with Gasteiger partial charge < -0.3 is 0 Å². The number of aryl methyl sites for hydroxylation is 2. The monoisotopic (exact) mass is 214 g/mol. The standard InChI is InChI=1S/C16H22/c1-13-3-7-15(8-4-13)11-12-16-9-5-14(2)6-10-16/h5-6,9-10,15H,1,3-4,7-8,11-12H2,2H3. The summed E-state index contributed by atoms with van der Waals surface area (Å²) >= 11 is 0. The van der Waals surface area contributed by atoms with Gasteiger partial charge in [-0.25, -0.2) is 0 Å². The number of hydrogen-bond donors (Lipinski definition) is 0. The van der Waals surface area contributed by atoms with Crippen molar-refractivity contribution in [2.75, 3.05) is 0 Å². The van der Waals surface area contributed by atoms with E-state index < -0.39 is 0 Å². The highest BCUT2D eigenvalue weighted by molar-refractivity contribution is 5.21. The molecule has 0 heterocycles. The van der Waals surface area contributed by atoms with E-state index in [9.17, 15) is 0 Å². The van der Waals surface area contributed by atoms with E-state index in [0.717, 1.165) is 5.92 Å². The van der Waals surface area contributed by atoms with Crippen LogP contribution >= 0.6 is 0 Å². The maximum Gasteiger partial charge on any atom is -0.0276 e. The molecule has 1 aliphatic carbocycles. The van der Waals surface area contributed by atoms with Gasteiger partial charge in [-0.05, 0) is 56.9 Å². The maximum absolute atomic E-state index is 4.08. The number of rotatable bonds is 3. The Hall–Kier alpha value is -1.04. The maximum atomic E-state index is 4.08. The SMILES string of the molecule is C=C1CCC(CCc2ccc(C)cc2)CC1. The van der Waals surface area contributed by atoms with Crippen LogP contribution in [0.5, 0.6) is 0 Å². The molecule has 1 aliphatic rings. The molecule has 0 heteroatoms. The summed E-state index contributed by atoms with van der Waals surface area (Å²) in [4.78, 5) is 0. The Balaban J connectivity index is 1.79. The van der Waals surface area contributed by atoms with Crippen LogP contribution in [0.2, 0.25) is 0 Å². The molecule has 0 aromatic heterocycles. The molecule has 1 fully saturated rings. The van der Waals surface area contributed by atoms with Gasteiger partial charge in [0.25, 0.3) is 0 Å². The Bertz CT molecular complexity index is 335. The molecule has 0 N–H and O–H groups in total. The van der Waals surface area contributed by atoms with E-state index in [1.54, 1.807) is 0 Å². The van der Waals surface area contributed by atoms with Crippen LogP contribution in [0.3, 0.4) is 0 Å². The molecule has 0 spiro atoms. The largest absolute Gasteiger partial charge is 0.0999 e. The summed E-state index contributed by atoms with van der Waals surface area (Å²) in [5.74, 6) is 0.937. The minimum absolute atomic E-state index is 0.937. The van der Waals surface area contributed by atoms with Crippen LogP contribution < -0.4 is 0 Å². The van der Waals surface area contributed by atoms with Crippen LogP contribution in [0, 0.1) is 12.8 Å². The van der Waals surface area contributed by atoms with Gasteiger partial charge in [-0.15, -0.1) is 0 Å². The van der Waals surface area contributed by atoms with Crippen molar-refractivity contribution in [2.45, 2.75) is 45.4 Å². The van der Waals surface area contributed by atoms with Gasteiger partial charge in [-0.1, -0.05) is 42.0 Å². The molecular weight excluding hydrogens is 192 g/mol. The van der Waals surface area contributed by atoms with Crippen LogP contribution in [0.4, 0.5) is 0 Å². The van der Waals surface area contributed by atoms with E-state index in [1.807, 2.05) is 0 Å². The molecule has 2 rings (SSSR count). The van der Waals surface area contributed by atoms with Gasteiger partial charge >= 0.3 is 0 Å². The van der Waals surface area contributed by atoms with Crippen molar-refractivity contribution < 1.29 is 0 Å². The fraction of sp³-hybridized carbons (Fsp3) is 0.500. The lowest BCUT2D eigenvalue weighted by atomic mass is 9.83. The number of hydrogen-bond acceptors (Lipinski definition) is 0. The minimum Gasteiger partial charge on any atom is -0.0999 e. The number of benzene rings is 1. The smallest absolute Gasteiger partial charge is 0.0276 e. The van der Waals surface area contributed by atoms with Gasteiger partial charge in [0.15, 0.2) is 0 Å². The second kappa shape index (κ2) is 5.34. The highest BCUT2D eigenvalue weighted by Crippen LogP contribution is 2.30. The van der Waals surface area contributed by atoms with Crippen molar-refractivity contribution >= 4 is 0 Å². The molecular formula is C16H22. The molecule has 1 saturated carbocycles. The zero-order valence-electron chi connectivity index (χ0n) is 10.3. The molecule has 0 radical (unpaired) electrons. The molecule has 0 bridgehead atoms. The Morgan fingerprint density at radius 3 is 2.38 bits per heavy atom.